The van der Waals surface area contributed by atoms with Gasteiger partial charge in [0, 0.05) is 54.2 Å². The lowest BCUT2D eigenvalue weighted by Gasteiger charge is -2.30. The van der Waals surface area contributed by atoms with E-state index in [1.54, 1.807) is 6.92 Å². The van der Waals surface area contributed by atoms with Crippen LogP contribution < -0.4 is 14.7 Å². The summed E-state index contributed by atoms with van der Waals surface area (Å²) in [5, 5.41) is 35.6. The van der Waals surface area contributed by atoms with Gasteiger partial charge >= 0.3 is 6.01 Å². The molecule has 3 fully saturated rings. The summed E-state index contributed by atoms with van der Waals surface area (Å²) in [7, 11) is 0. The Morgan fingerprint density at radius 2 is 1.95 bits per heavy atom. The molecule has 3 aliphatic rings. The zero-order chi connectivity index (χ0) is 29.4. The summed E-state index contributed by atoms with van der Waals surface area (Å²) in [6.45, 7) is 6.53. The molecule has 1 aliphatic carbocycles. The number of aliphatic hydroxyl groups is 1. The van der Waals surface area contributed by atoms with Crippen molar-refractivity contribution in [3.63, 3.8) is 0 Å². The highest BCUT2D eigenvalue weighted by molar-refractivity contribution is 14.2. The zero-order valence-corrected chi connectivity index (χ0v) is 27.0. The third-order valence-electron chi connectivity index (χ3n) is 8.19. The number of benzene rings is 2. The molecule has 224 valence electrons. The van der Waals surface area contributed by atoms with Crippen LogP contribution in [0.5, 0.6) is 11.8 Å². The first-order chi connectivity index (χ1) is 20.3. The third kappa shape index (κ3) is 6.04. The molecule has 0 amide bonds. The van der Waals surface area contributed by atoms with Crippen molar-refractivity contribution in [3.05, 3.63) is 34.9 Å². The number of aryl methyl sites for hydroxylation is 1. The van der Waals surface area contributed by atoms with Crippen LogP contribution >= 0.6 is 28.4 Å². The third-order valence-corrected chi connectivity index (χ3v) is 9.36. The Morgan fingerprint density at radius 1 is 1.17 bits per heavy atom. The molecule has 3 aromatic rings. The molecule has 2 atom stereocenters. The van der Waals surface area contributed by atoms with Crippen molar-refractivity contribution >= 4 is 57.0 Å². The maximum Gasteiger partial charge on any atom is 0.319 e. The Labute approximate surface area is 260 Å². The van der Waals surface area contributed by atoms with Gasteiger partial charge in [-0.25, -0.2) is 0 Å². The first-order valence-electron chi connectivity index (χ1n) is 14.4. The number of aromatic nitrogens is 2. The van der Waals surface area contributed by atoms with E-state index < -0.39 is 5.60 Å². The van der Waals surface area contributed by atoms with E-state index in [0.29, 0.717) is 61.6 Å². The molecule has 6 rings (SSSR count). The van der Waals surface area contributed by atoms with E-state index >= 15 is 0 Å². The second-order valence-electron chi connectivity index (χ2n) is 11.7. The Balaban J connectivity index is 1.60. The predicted molar refractivity (Wildman–Crippen MR) is 175 cm³/mol. The summed E-state index contributed by atoms with van der Waals surface area (Å²) in [4.78, 5) is 11.7. The van der Waals surface area contributed by atoms with Gasteiger partial charge in [0.1, 0.15) is 28.8 Å². The van der Waals surface area contributed by atoms with E-state index in [0.717, 1.165) is 53.6 Å². The van der Waals surface area contributed by atoms with Gasteiger partial charge in [0.05, 0.1) is 33.0 Å². The maximum absolute atomic E-state index is 12.2. The number of halogens is 1. The number of nitrogens with one attached hydrogen (secondary N) is 2. The molecule has 12 heteroatoms. The van der Waals surface area contributed by atoms with E-state index in [1.165, 1.54) is 6.21 Å². The fourth-order valence-electron chi connectivity index (χ4n) is 6.00. The van der Waals surface area contributed by atoms with Gasteiger partial charge in [-0.05, 0) is 83.5 Å². The number of hydrogen-bond donors (Lipinski definition) is 4. The largest absolute Gasteiger partial charge is 0.505 e. The van der Waals surface area contributed by atoms with Crippen molar-refractivity contribution in [2.75, 3.05) is 49.5 Å². The van der Waals surface area contributed by atoms with Crippen LogP contribution in [0.15, 0.2) is 18.2 Å². The van der Waals surface area contributed by atoms with Gasteiger partial charge in [0.25, 0.3) is 0 Å². The molecular weight excluding hydrogens is 668 g/mol. The highest BCUT2D eigenvalue weighted by Gasteiger charge is 2.34. The van der Waals surface area contributed by atoms with Gasteiger partial charge in [0.2, 0.25) is 0 Å². The van der Waals surface area contributed by atoms with Gasteiger partial charge in [-0.1, -0.05) is 6.07 Å². The number of β-amino-alcohol motifs (C(OH)–C–C–N with tert-alkyl or cyclic N) is 1. The maximum atomic E-state index is 12.2. The molecule has 4 N–H and O–H groups in total. The van der Waals surface area contributed by atoms with Gasteiger partial charge in [-0.2, -0.15) is 9.97 Å². The van der Waals surface area contributed by atoms with Crippen LogP contribution in [0.25, 0.3) is 22.0 Å². The molecule has 2 aliphatic heterocycles. The molecule has 2 unspecified atom stereocenters. The number of phenolic OH excluding ortho intramolecular Hbond substituents is 1. The Morgan fingerprint density at radius 3 is 2.67 bits per heavy atom. The summed E-state index contributed by atoms with van der Waals surface area (Å²) in [5.74, 6) is 0.966. The molecule has 1 saturated carbocycles. The fourth-order valence-corrected chi connectivity index (χ4v) is 7.19. The van der Waals surface area contributed by atoms with Gasteiger partial charge in [-0.15, -0.1) is 0 Å². The summed E-state index contributed by atoms with van der Waals surface area (Å²) in [6.07, 6.45) is 5.24. The number of fused-ring (bicyclic) bond motifs is 1. The average molecular weight is 706 g/mol. The number of ether oxygens (including phenoxy) is 3. The van der Waals surface area contributed by atoms with Crippen LogP contribution in [-0.2, 0) is 9.47 Å². The lowest BCUT2D eigenvalue weighted by molar-refractivity contribution is -0.0123. The summed E-state index contributed by atoms with van der Waals surface area (Å²) < 4.78 is 17.5. The van der Waals surface area contributed by atoms with Crippen LogP contribution in [0.1, 0.15) is 55.2 Å². The van der Waals surface area contributed by atoms with Crippen molar-refractivity contribution in [2.45, 2.75) is 57.2 Å². The molecule has 0 spiro atoms. The van der Waals surface area contributed by atoms with Gasteiger partial charge < -0.3 is 39.8 Å². The van der Waals surface area contributed by atoms with Crippen molar-refractivity contribution in [1.29, 1.82) is 5.41 Å². The first-order valence-corrected chi connectivity index (χ1v) is 18.5. The SMILES string of the molecule is Cc1ccc(NPI)c(C=N)c1-c1c(C2CC2)cc2c(N3CCOCC(C)(O)C3)nc(OC3CCOCC3)nc2c1O. The van der Waals surface area contributed by atoms with Crippen molar-refractivity contribution in [3.8, 4) is 22.9 Å². The van der Waals surface area contributed by atoms with Crippen molar-refractivity contribution < 1.29 is 24.4 Å². The minimum absolute atomic E-state index is 0.0629. The molecule has 3 heterocycles. The number of hydrogen-bond acceptors (Lipinski definition) is 10. The van der Waals surface area contributed by atoms with E-state index in [2.05, 4.69) is 33.2 Å². The number of rotatable bonds is 8. The highest BCUT2D eigenvalue weighted by Crippen LogP contribution is 2.52. The average Bonchev–Trinajstić information content (AvgIpc) is 3.83. The molecule has 2 saturated heterocycles. The van der Waals surface area contributed by atoms with Crippen LogP contribution in [0.3, 0.4) is 0 Å². The topological polar surface area (TPSA) is 133 Å². The lowest BCUT2D eigenvalue weighted by Crippen LogP contribution is -2.42. The second kappa shape index (κ2) is 12.4. The molecular formula is C30H37IN5O5P. The Hall–Kier alpha value is -2.31. The number of anilines is 2. The van der Waals surface area contributed by atoms with Gasteiger partial charge in [-0.3, -0.25) is 0 Å². The van der Waals surface area contributed by atoms with Crippen molar-refractivity contribution in [2.24, 2.45) is 0 Å². The number of nitrogens with zero attached hydrogens (tertiary/aromatic N) is 3. The normalized spacial score (nSPS) is 22.0. The molecule has 10 nitrogen and oxygen atoms in total. The van der Waals surface area contributed by atoms with E-state index in [1.807, 2.05) is 24.0 Å². The first kappa shape index (κ1) is 29.7. The van der Waals surface area contributed by atoms with Crippen LogP contribution in [0.2, 0.25) is 0 Å². The quantitative estimate of drug-likeness (QED) is 0.133. The number of phenols is 1. The van der Waals surface area contributed by atoms with Gasteiger partial charge in [0.15, 0.2) is 0 Å². The van der Waals surface area contributed by atoms with Crippen LogP contribution in [0.4, 0.5) is 11.5 Å². The smallest absolute Gasteiger partial charge is 0.319 e. The van der Waals surface area contributed by atoms with Crippen LogP contribution in [0, 0.1) is 12.3 Å². The minimum atomic E-state index is -1.07. The second-order valence-corrected chi connectivity index (χ2v) is 13.7. The highest BCUT2D eigenvalue weighted by atomic mass is 127. The lowest BCUT2D eigenvalue weighted by atomic mass is 9.87. The molecule has 1 aromatic heterocycles. The fraction of sp³-hybridized carbons (Fsp3) is 0.500. The number of aromatic hydroxyl groups is 1. The predicted octanol–water partition coefficient (Wildman–Crippen LogP) is 5.69. The Bertz CT molecular complexity index is 1500. The van der Waals surface area contributed by atoms with E-state index in [4.69, 9.17) is 29.6 Å². The monoisotopic (exact) mass is 705 g/mol. The summed E-state index contributed by atoms with van der Waals surface area (Å²) in [6, 6.07) is 6.34. The molecule has 0 radical (unpaired) electrons. The molecule has 2 aromatic carbocycles. The molecule has 0 bridgehead atoms. The minimum Gasteiger partial charge on any atom is -0.505 e. The summed E-state index contributed by atoms with van der Waals surface area (Å²) >= 11 is 2.28. The van der Waals surface area contributed by atoms with E-state index in [-0.39, 0.29) is 30.4 Å². The van der Waals surface area contributed by atoms with Crippen LogP contribution in [-0.4, -0.2) is 77.6 Å². The standard InChI is InChI=1S/C30H37IN5O5P/c1-17-3-6-23(35-42-31)22(14-32)24(17)25-20(18-4-5-18)13-21-26(27(25)37)33-29(41-19-7-10-39-11-8-19)34-28(21)36-9-12-40-16-30(2,38)15-36/h3,6,13-14,18-19,32,35,37-38,42H,4-5,7-12,15-16H2,1-2H3. The molecule has 42 heavy (non-hydrogen) atoms. The van der Waals surface area contributed by atoms with E-state index in [9.17, 15) is 10.2 Å². The zero-order valence-electron chi connectivity index (χ0n) is 23.9. The van der Waals surface area contributed by atoms with Crippen molar-refractivity contribution in [1.82, 2.24) is 9.97 Å². The summed E-state index contributed by atoms with van der Waals surface area (Å²) in [5.41, 5.74) is 4.48. The Kier molecular flexibility index (Phi) is 8.75.